The van der Waals surface area contributed by atoms with Crippen molar-refractivity contribution in [3.8, 4) is 11.1 Å². The fourth-order valence-electron chi connectivity index (χ4n) is 2.78. The van der Waals surface area contributed by atoms with Gasteiger partial charge in [0.15, 0.2) is 0 Å². The second kappa shape index (κ2) is 4.19. The van der Waals surface area contributed by atoms with Gasteiger partial charge in [-0.25, -0.2) is 4.98 Å². The van der Waals surface area contributed by atoms with Crippen LogP contribution in [0.2, 0.25) is 0 Å². The number of rotatable bonds is 2. The van der Waals surface area contributed by atoms with E-state index < -0.39 is 0 Å². The van der Waals surface area contributed by atoms with Gasteiger partial charge in [-0.05, 0) is 48.1 Å². The van der Waals surface area contributed by atoms with Gasteiger partial charge >= 0.3 is 0 Å². The summed E-state index contributed by atoms with van der Waals surface area (Å²) in [6.45, 7) is 0. The zero-order valence-electron chi connectivity index (χ0n) is 10.6. The molecule has 1 saturated carbocycles. The highest BCUT2D eigenvalue weighted by atomic mass is 14.8. The molecule has 0 saturated heterocycles. The smallest absolute Gasteiger partial charge is 0.137 e. The van der Waals surface area contributed by atoms with Crippen molar-refractivity contribution in [1.82, 2.24) is 15.0 Å². The SMILES string of the molecule is c1cc(-c2cnc3[nH]cc(C4CCC4)c3c2)ccn1. The largest absolute Gasteiger partial charge is 0.346 e. The van der Waals surface area contributed by atoms with Crippen molar-refractivity contribution in [2.45, 2.75) is 25.2 Å². The van der Waals surface area contributed by atoms with Crippen LogP contribution >= 0.6 is 0 Å². The van der Waals surface area contributed by atoms with Gasteiger partial charge in [-0.3, -0.25) is 4.98 Å². The van der Waals surface area contributed by atoms with Crippen LogP contribution < -0.4 is 0 Å². The van der Waals surface area contributed by atoms with Gasteiger partial charge in [-0.1, -0.05) is 6.42 Å². The minimum atomic E-state index is 0.725. The standard InChI is InChI=1S/C16H15N3/c1-2-12(3-1)15-10-19-16-14(15)8-13(9-18-16)11-4-6-17-7-5-11/h4-10,12H,1-3H2,(H,18,19). The molecule has 19 heavy (non-hydrogen) atoms. The Morgan fingerprint density at radius 2 is 1.95 bits per heavy atom. The Hall–Kier alpha value is -2.16. The molecule has 3 heteroatoms. The number of fused-ring (bicyclic) bond motifs is 1. The highest BCUT2D eigenvalue weighted by Crippen LogP contribution is 2.40. The van der Waals surface area contributed by atoms with Gasteiger partial charge in [0.05, 0.1) is 0 Å². The molecule has 3 aromatic rings. The monoisotopic (exact) mass is 249 g/mol. The van der Waals surface area contributed by atoms with Gasteiger partial charge in [-0.2, -0.15) is 0 Å². The Kier molecular flexibility index (Phi) is 2.37. The zero-order chi connectivity index (χ0) is 12.7. The number of H-pyrrole nitrogens is 1. The molecule has 0 unspecified atom stereocenters. The number of nitrogens with one attached hydrogen (secondary N) is 1. The molecule has 0 radical (unpaired) electrons. The molecule has 0 bridgehead atoms. The Morgan fingerprint density at radius 3 is 2.68 bits per heavy atom. The quantitative estimate of drug-likeness (QED) is 0.748. The summed E-state index contributed by atoms with van der Waals surface area (Å²) in [6.07, 6.45) is 11.7. The minimum Gasteiger partial charge on any atom is -0.346 e. The van der Waals surface area contributed by atoms with Crippen LogP contribution in [0.1, 0.15) is 30.7 Å². The fourth-order valence-corrected chi connectivity index (χ4v) is 2.78. The van der Waals surface area contributed by atoms with Crippen LogP contribution in [0.3, 0.4) is 0 Å². The van der Waals surface area contributed by atoms with Crippen LogP contribution in [0, 0.1) is 0 Å². The molecule has 0 amide bonds. The van der Waals surface area contributed by atoms with E-state index in [1.54, 1.807) is 0 Å². The molecule has 1 aliphatic rings. The summed E-state index contributed by atoms with van der Waals surface area (Å²) in [7, 11) is 0. The van der Waals surface area contributed by atoms with Crippen LogP contribution in [0.5, 0.6) is 0 Å². The maximum atomic E-state index is 4.54. The van der Waals surface area contributed by atoms with Crippen molar-refractivity contribution in [1.29, 1.82) is 0 Å². The van der Waals surface area contributed by atoms with Crippen molar-refractivity contribution in [3.63, 3.8) is 0 Å². The molecule has 4 rings (SSSR count). The predicted molar refractivity (Wildman–Crippen MR) is 75.9 cm³/mol. The first-order chi connectivity index (χ1) is 9.42. The first-order valence-corrected chi connectivity index (χ1v) is 6.79. The van der Waals surface area contributed by atoms with Crippen molar-refractivity contribution in [2.75, 3.05) is 0 Å². The molecule has 94 valence electrons. The first-order valence-electron chi connectivity index (χ1n) is 6.79. The molecule has 3 nitrogen and oxygen atoms in total. The zero-order valence-corrected chi connectivity index (χ0v) is 10.6. The molecule has 3 aromatic heterocycles. The molecular formula is C16H15N3. The third-order valence-electron chi connectivity index (χ3n) is 4.12. The van der Waals surface area contributed by atoms with Crippen molar-refractivity contribution in [3.05, 3.63) is 48.5 Å². The Balaban J connectivity index is 1.85. The van der Waals surface area contributed by atoms with Gasteiger partial charge in [-0.15, -0.1) is 0 Å². The number of aromatic nitrogens is 3. The van der Waals surface area contributed by atoms with E-state index >= 15 is 0 Å². The molecule has 3 heterocycles. The van der Waals surface area contributed by atoms with E-state index in [-0.39, 0.29) is 0 Å². The second-order valence-electron chi connectivity index (χ2n) is 5.23. The van der Waals surface area contributed by atoms with E-state index in [1.165, 1.54) is 35.8 Å². The molecule has 1 aliphatic carbocycles. The lowest BCUT2D eigenvalue weighted by Crippen LogP contribution is -2.07. The van der Waals surface area contributed by atoms with Crippen molar-refractivity contribution in [2.24, 2.45) is 0 Å². The fraction of sp³-hybridized carbons (Fsp3) is 0.250. The van der Waals surface area contributed by atoms with Gasteiger partial charge in [0.1, 0.15) is 5.65 Å². The van der Waals surface area contributed by atoms with Crippen LogP contribution in [0.4, 0.5) is 0 Å². The summed E-state index contributed by atoms with van der Waals surface area (Å²) < 4.78 is 0. The lowest BCUT2D eigenvalue weighted by atomic mass is 9.80. The Bertz CT molecular complexity index is 711. The van der Waals surface area contributed by atoms with Crippen molar-refractivity contribution >= 4 is 11.0 Å². The summed E-state index contributed by atoms with van der Waals surface area (Å²) in [6, 6.07) is 6.30. The van der Waals surface area contributed by atoms with Gasteiger partial charge in [0, 0.05) is 35.7 Å². The lowest BCUT2D eigenvalue weighted by molar-refractivity contribution is 0.422. The van der Waals surface area contributed by atoms with E-state index in [9.17, 15) is 0 Å². The highest BCUT2D eigenvalue weighted by Gasteiger charge is 2.22. The number of aromatic amines is 1. The van der Waals surface area contributed by atoms with E-state index in [4.69, 9.17) is 0 Å². The maximum Gasteiger partial charge on any atom is 0.137 e. The van der Waals surface area contributed by atoms with Gasteiger partial charge < -0.3 is 4.98 Å². The summed E-state index contributed by atoms with van der Waals surface area (Å²) in [4.78, 5) is 11.9. The van der Waals surface area contributed by atoms with Crippen LogP contribution in [-0.2, 0) is 0 Å². The summed E-state index contributed by atoms with van der Waals surface area (Å²) in [5.74, 6) is 0.725. The van der Waals surface area contributed by atoms with Gasteiger partial charge in [0.25, 0.3) is 0 Å². The summed E-state index contributed by atoms with van der Waals surface area (Å²) >= 11 is 0. The molecule has 0 spiro atoms. The second-order valence-corrected chi connectivity index (χ2v) is 5.23. The molecule has 0 aromatic carbocycles. The van der Waals surface area contributed by atoms with Crippen LogP contribution in [0.15, 0.2) is 43.0 Å². The topological polar surface area (TPSA) is 41.6 Å². The molecular weight excluding hydrogens is 234 g/mol. The molecule has 1 N–H and O–H groups in total. The third kappa shape index (κ3) is 1.73. The summed E-state index contributed by atoms with van der Waals surface area (Å²) in [5.41, 5.74) is 4.77. The third-order valence-corrected chi connectivity index (χ3v) is 4.12. The van der Waals surface area contributed by atoms with E-state index in [1.807, 2.05) is 30.7 Å². The number of hydrogen-bond donors (Lipinski definition) is 1. The summed E-state index contributed by atoms with van der Waals surface area (Å²) in [5, 5.41) is 1.28. The average Bonchev–Trinajstić information content (AvgIpc) is 2.81. The van der Waals surface area contributed by atoms with Crippen LogP contribution in [0.25, 0.3) is 22.2 Å². The predicted octanol–water partition coefficient (Wildman–Crippen LogP) is 3.89. The van der Waals surface area contributed by atoms with E-state index in [0.717, 1.165) is 17.1 Å². The number of pyridine rings is 2. The highest BCUT2D eigenvalue weighted by molar-refractivity contribution is 5.85. The van der Waals surface area contributed by atoms with Crippen LogP contribution in [-0.4, -0.2) is 15.0 Å². The molecule has 0 aliphatic heterocycles. The molecule has 1 fully saturated rings. The Labute approximate surface area is 111 Å². The maximum absolute atomic E-state index is 4.54. The van der Waals surface area contributed by atoms with Crippen molar-refractivity contribution < 1.29 is 0 Å². The number of hydrogen-bond acceptors (Lipinski definition) is 2. The number of nitrogens with zero attached hydrogens (tertiary/aromatic N) is 2. The normalized spacial score (nSPS) is 15.6. The van der Waals surface area contributed by atoms with E-state index in [0.29, 0.717) is 0 Å². The minimum absolute atomic E-state index is 0.725. The molecule has 0 atom stereocenters. The first kappa shape index (κ1) is 10.7. The van der Waals surface area contributed by atoms with E-state index in [2.05, 4.69) is 27.2 Å². The average molecular weight is 249 g/mol. The lowest BCUT2D eigenvalue weighted by Gasteiger charge is -2.24. The Morgan fingerprint density at radius 1 is 1.11 bits per heavy atom. The van der Waals surface area contributed by atoms with Gasteiger partial charge in [0.2, 0.25) is 0 Å².